The Bertz CT molecular complexity index is 601. The summed E-state index contributed by atoms with van der Waals surface area (Å²) in [7, 11) is 0. The first-order valence-corrected chi connectivity index (χ1v) is 5.83. The van der Waals surface area contributed by atoms with Crippen LogP contribution in [0, 0.1) is 0 Å². The number of rotatable bonds is 4. The van der Waals surface area contributed by atoms with Crippen LogP contribution in [0.1, 0.15) is 12.0 Å². The maximum absolute atomic E-state index is 11.6. The van der Waals surface area contributed by atoms with E-state index in [1.165, 1.54) is 6.07 Å². The van der Waals surface area contributed by atoms with Crippen LogP contribution >= 0.6 is 11.6 Å². The highest BCUT2D eigenvalue weighted by Crippen LogP contribution is 2.17. The van der Waals surface area contributed by atoms with Crippen molar-refractivity contribution in [2.75, 3.05) is 5.88 Å². The fraction of sp³-hybridized carbons (Fsp3) is 0.231. The molecule has 1 aromatic carbocycles. The predicted octanol–water partition coefficient (Wildman–Crippen LogP) is 2.53. The minimum Gasteiger partial charge on any atom is -0.423 e. The lowest BCUT2D eigenvalue weighted by Gasteiger charge is -2.03. The molecule has 0 unspecified atom stereocenters. The van der Waals surface area contributed by atoms with Crippen LogP contribution in [0.15, 0.2) is 39.5 Å². The van der Waals surface area contributed by atoms with E-state index in [1.54, 1.807) is 12.1 Å². The summed E-state index contributed by atoms with van der Waals surface area (Å²) in [6.07, 6.45) is 0.537. The van der Waals surface area contributed by atoms with Gasteiger partial charge in [0, 0.05) is 30.2 Å². The second kappa shape index (κ2) is 5.15. The lowest BCUT2D eigenvalue weighted by atomic mass is 10.0. The molecular formula is C13H11ClO3. The number of halogens is 1. The van der Waals surface area contributed by atoms with Crippen LogP contribution in [0.2, 0.25) is 0 Å². The van der Waals surface area contributed by atoms with Crippen LogP contribution in [-0.4, -0.2) is 11.7 Å². The van der Waals surface area contributed by atoms with Gasteiger partial charge in [0.05, 0.1) is 0 Å². The number of carbonyl (C=O) groups excluding carboxylic acids is 1. The van der Waals surface area contributed by atoms with Gasteiger partial charge in [0.1, 0.15) is 11.4 Å². The van der Waals surface area contributed by atoms with Gasteiger partial charge in [-0.2, -0.15) is 0 Å². The number of hydrogen-bond donors (Lipinski definition) is 0. The number of benzene rings is 1. The van der Waals surface area contributed by atoms with E-state index >= 15 is 0 Å². The Kier molecular flexibility index (Phi) is 3.59. The number of hydrogen-bond acceptors (Lipinski definition) is 3. The highest BCUT2D eigenvalue weighted by Gasteiger charge is 2.09. The molecular weight excluding hydrogens is 240 g/mol. The summed E-state index contributed by atoms with van der Waals surface area (Å²) in [5.41, 5.74) is 0.776. The van der Waals surface area contributed by atoms with Gasteiger partial charge in [-0.25, -0.2) is 4.79 Å². The van der Waals surface area contributed by atoms with Crippen molar-refractivity contribution in [3.05, 3.63) is 46.3 Å². The van der Waals surface area contributed by atoms with Gasteiger partial charge in [0.15, 0.2) is 0 Å². The first kappa shape index (κ1) is 11.9. The highest BCUT2D eigenvalue weighted by atomic mass is 35.5. The molecule has 3 nitrogen and oxygen atoms in total. The van der Waals surface area contributed by atoms with Crippen molar-refractivity contribution in [2.45, 2.75) is 12.8 Å². The first-order chi connectivity index (χ1) is 8.20. The third-order valence-electron chi connectivity index (χ3n) is 2.50. The Morgan fingerprint density at radius 2 is 2.06 bits per heavy atom. The largest absolute Gasteiger partial charge is 0.423 e. The molecule has 0 fully saturated rings. The Balaban J connectivity index is 2.45. The van der Waals surface area contributed by atoms with Crippen molar-refractivity contribution in [3.63, 3.8) is 0 Å². The van der Waals surface area contributed by atoms with E-state index in [0.29, 0.717) is 23.4 Å². The lowest BCUT2D eigenvalue weighted by molar-refractivity contribution is -0.118. The molecule has 0 amide bonds. The maximum atomic E-state index is 11.6. The first-order valence-electron chi connectivity index (χ1n) is 5.30. The molecule has 2 aromatic rings. The molecule has 0 N–H and O–H groups in total. The predicted molar refractivity (Wildman–Crippen MR) is 66.5 cm³/mol. The Morgan fingerprint density at radius 1 is 1.29 bits per heavy atom. The van der Waals surface area contributed by atoms with Crippen LogP contribution in [0.4, 0.5) is 0 Å². The second-order valence-corrected chi connectivity index (χ2v) is 4.12. The molecule has 0 saturated carbocycles. The molecule has 88 valence electrons. The van der Waals surface area contributed by atoms with Gasteiger partial charge in [-0.15, -0.1) is 11.6 Å². The average Bonchev–Trinajstić information content (AvgIpc) is 2.29. The van der Waals surface area contributed by atoms with E-state index in [0.717, 1.165) is 5.39 Å². The third kappa shape index (κ3) is 2.74. The summed E-state index contributed by atoms with van der Waals surface area (Å²) in [5, 5.41) is 0.801. The lowest BCUT2D eigenvalue weighted by Crippen LogP contribution is -2.07. The fourth-order valence-electron chi connectivity index (χ4n) is 1.73. The van der Waals surface area contributed by atoms with E-state index in [4.69, 9.17) is 16.0 Å². The highest BCUT2D eigenvalue weighted by molar-refractivity contribution is 6.19. The zero-order valence-electron chi connectivity index (χ0n) is 9.11. The van der Waals surface area contributed by atoms with Crippen LogP contribution < -0.4 is 5.63 Å². The number of ketones is 1. The molecule has 1 aromatic heterocycles. The molecule has 0 aliphatic heterocycles. The van der Waals surface area contributed by atoms with E-state index in [-0.39, 0.29) is 12.2 Å². The SMILES string of the molecule is O=C(CCCl)Cc1cc(=O)oc2ccccc12. The monoisotopic (exact) mass is 250 g/mol. The van der Waals surface area contributed by atoms with Crippen LogP contribution in [0.25, 0.3) is 11.0 Å². The average molecular weight is 251 g/mol. The molecule has 1 heterocycles. The molecule has 17 heavy (non-hydrogen) atoms. The number of para-hydroxylation sites is 1. The van der Waals surface area contributed by atoms with Crippen molar-refractivity contribution < 1.29 is 9.21 Å². The van der Waals surface area contributed by atoms with Crippen molar-refractivity contribution in [1.82, 2.24) is 0 Å². The minimum atomic E-state index is -0.433. The van der Waals surface area contributed by atoms with Crippen molar-refractivity contribution in [3.8, 4) is 0 Å². The summed E-state index contributed by atoms with van der Waals surface area (Å²) < 4.78 is 5.05. The Hall–Kier alpha value is -1.61. The molecule has 2 rings (SSSR count). The topological polar surface area (TPSA) is 47.3 Å². The Morgan fingerprint density at radius 3 is 2.82 bits per heavy atom. The third-order valence-corrected chi connectivity index (χ3v) is 2.69. The van der Waals surface area contributed by atoms with E-state index in [1.807, 2.05) is 12.1 Å². The molecule has 0 saturated heterocycles. The van der Waals surface area contributed by atoms with Crippen molar-refractivity contribution in [2.24, 2.45) is 0 Å². The molecule has 0 bridgehead atoms. The normalized spacial score (nSPS) is 10.6. The Labute approximate surface area is 103 Å². The van der Waals surface area contributed by atoms with Crippen molar-refractivity contribution >= 4 is 28.4 Å². The number of fused-ring (bicyclic) bond motifs is 1. The van der Waals surface area contributed by atoms with Gasteiger partial charge in [-0.05, 0) is 11.6 Å². The van der Waals surface area contributed by atoms with E-state index < -0.39 is 5.63 Å². The number of alkyl halides is 1. The van der Waals surface area contributed by atoms with E-state index in [9.17, 15) is 9.59 Å². The summed E-state index contributed by atoms with van der Waals surface area (Å²) in [4.78, 5) is 22.9. The molecule has 0 atom stereocenters. The number of carbonyl (C=O) groups is 1. The summed E-state index contributed by atoms with van der Waals surface area (Å²) in [6, 6.07) is 8.55. The summed E-state index contributed by atoms with van der Waals surface area (Å²) in [6.45, 7) is 0. The van der Waals surface area contributed by atoms with Gasteiger partial charge in [-0.3, -0.25) is 4.79 Å². The van der Waals surface area contributed by atoms with Gasteiger partial charge in [-0.1, -0.05) is 18.2 Å². The van der Waals surface area contributed by atoms with Gasteiger partial charge < -0.3 is 4.42 Å². The molecule has 0 radical (unpaired) electrons. The zero-order valence-corrected chi connectivity index (χ0v) is 9.87. The van der Waals surface area contributed by atoms with Gasteiger partial charge >= 0.3 is 5.63 Å². The fourth-order valence-corrected chi connectivity index (χ4v) is 1.94. The second-order valence-electron chi connectivity index (χ2n) is 3.74. The minimum absolute atomic E-state index is 0.0238. The van der Waals surface area contributed by atoms with Crippen LogP contribution in [0.3, 0.4) is 0 Å². The summed E-state index contributed by atoms with van der Waals surface area (Å²) >= 11 is 5.51. The van der Waals surface area contributed by atoms with Crippen LogP contribution in [-0.2, 0) is 11.2 Å². The summed E-state index contributed by atoms with van der Waals surface area (Å²) in [5.74, 6) is 0.328. The quantitative estimate of drug-likeness (QED) is 0.619. The van der Waals surface area contributed by atoms with E-state index in [2.05, 4.69) is 0 Å². The van der Waals surface area contributed by atoms with Crippen LogP contribution in [0.5, 0.6) is 0 Å². The zero-order chi connectivity index (χ0) is 12.3. The molecule has 0 aliphatic rings. The maximum Gasteiger partial charge on any atom is 0.336 e. The molecule has 0 aliphatic carbocycles. The molecule has 4 heteroatoms. The number of Topliss-reactive ketones (excluding diaryl/α,β-unsaturated/α-hetero) is 1. The van der Waals surface area contributed by atoms with Crippen molar-refractivity contribution in [1.29, 1.82) is 0 Å². The smallest absolute Gasteiger partial charge is 0.336 e. The van der Waals surface area contributed by atoms with Gasteiger partial charge in [0.25, 0.3) is 0 Å². The molecule has 0 spiro atoms. The standard InChI is InChI=1S/C13H11ClO3/c14-6-5-10(15)7-9-8-13(16)17-12-4-2-1-3-11(9)12/h1-4,8H,5-7H2. The van der Waals surface area contributed by atoms with Gasteiger partial charge in [0.2, 0.25) is 0 Å².